The Morgan fingerprint density at radius 1 is 1.33 bits per heavy atom. The summed E-state index contributed by atoms with van der Waals surface area (Å²) in [6, 6.07) is 9.80. The van der Waals surface area contributed by atoms with Crippen LogP contribution in [-0.4, -0.2) is 19.7 Å². The van der Waals surface area contributed by atoms with Crippen LogP contribution in [0.25, 0.3) is 5.32 Å². The van der Waals surface area contributed by atoms with Gasteiger partial charge in [-0.15, -0.1) is 6.54 Å². The Kier molecular flexibility index (Phi) is 3.61. The van der Waals surface area contributed by atoms with Crippen molar-refractivity contribution in [3.63, 3.8) is 0 Å². The van der Waals surface area contributed by atoms with E-state index in [2.05, 4.69) is 5.32 Å². The summed E-state index contributed by atoms with van der Waals surface area (Å²) in [6.07, 6.45) is 0.164. The van der Waals surface area contributed by atoms with Crippen molar-refractivity contribution >= 4 is 0 Å². The summed E-state index contributed by atoms with van der Waals surface area (Å²) in [5.41, 5.74) is 0. The largest absolute Gasteiger partial charge is 0.662 e. The van der Waals surface area contributed by atoms with Crippen molar-refractivity contribution in [2.45, 2.75) is 13.0 Å². The summed E-state index contributed by atoms with van der Waals surface area (Å²) in [5, 5.41) is 4.01. The molecule has 0 bridgehead atoms. The highest BCUT2D eigenvalue weighted by atomic mass is 16.5. The Morgan fingerprint density at radius 2 is 2.00 bits per heavy atom. The minimum absolute atomic E-state index is 0.164. The summed E-state index contributed by atoms with van der Waals surface area (Å²) in [4.78, 5) is 0. The van der Waals surface area contributed by atoms with E-state index >= 15 is 0 Å². The van der Waals surface area contributed by atoms with Crippen LogP contribution in [0.15, 0.2) is 30.3 Å². The molecule has 0 spiro atoms. The molecule has 1 atom stereocenters. The van der Waals surface area contributed by atoms with E-state index in [0.29, 0.717) is 0 Å². The SMILES string of the molecule is C[N-]CC(C)Oc1ccccc1. The van der Waals surface area contributed by atoms with E-state index in [9.17, 15) is 0 Å². The molecule has 0 saturated heterocycles. The van der Waals surface area contributed by atoms with Gasteiger partial charge in [-0.05, 0) is 19.1 Å². The van der Waals surface area contributed by atoms with E-state index in [1.165, 1.54) is 0 Å². The van der Waals surface area contributed by atoms with Gasteiger partial charge in [0.1, 0.15) is 5.75 Å². The number of benzene rings is 1. The van der Waals surface area contributed by atoms with Crippen molar-refractivity contribution in [1.29, 1.82) is 0 Å². The monoisotopic (exact) mass is 164 g/mol. The highest BCUT2D eigenvalue weighted by Crippen LogP contribution is 2.10. The number of hydrogen-bond acceptors (Lipinski definition) is 1. The van der Waals surface area contributed by atoms with Crippen LogP contribution in [0.4, 0.5) is 0 Å². The van der Waals surface area contributed by atoms with Crippen molar-refractivity contribution in [3.8, 4) is 5.75 Å². The van der Waals surface area contributed by atoms with Crippen LogP contribution < -0.4 is 4.74 Å². The Hall–Kier alpha value is -1.02. The molecular formula is C10H14NO-. The van der Waals surface area contributed by atoms with Gasteiger partial charge < -0.3 is 10.1 Å². The highest BCUT2D eigenvalue weighted by Gasteiger charge is 1.95. The second-order valence-electron chi connectivity index (χ2n) is 2.74. The minimum atomic E-state index is 0.164. The van der Waals surface area contributed by atoms with Crippen molar-refractivity contribution in [1.82, 2.24) is 0 Å². The quantitative estimate of drug-likeness (QED) is 0.670. The number of hydrogen-bond donors (Lipinski definition) is 0. The van der Waals surface area contributed by atoms with Crippen LogP contribution in [0.3, 0.4) is 0 Å². The van der Waals surface area contributed by atoms with E-state index < -0.39 is 0 Å². The zero-order valence-corrected chi connectivity index (χ0v) is 7.53. The van der Waals surface area contributed by atoms with Crippen LogP contribution in [-0.2, 0) is 0 Å². The standard InChI is InChI=1S/C10H14NO/c1-9(8-11-2)12-10-6-4-3-5-7-10/h3-7,9H,8H2,1-2H3/q-1. The first kappa shape index (κ1) is 9.07. The van der Waals surface area contributed by atoms with Gasteiger partial charge in [-0.25, -0.2) is 0 Å². The third-order valence-electron chi connectivity index (χ3n) is 1.52. The molecule has 2 heteroatoms. The number of nitrogens with zero attached hydrogens (tertiary/aromatic N) is 1. The van der Waals surface area contributed by atoms with Crippen molar-refractivity contribution < 1.29 is 4.74 Å². The molecule has 1 aromatic carbocycles. The molecule has 0 radical (unpaired) electrons. The first-order valence-electron chi connectivity index (χ1n) is 4.10. The van der Waals surface area contributed by atoms with Gasteiger partial charge in [0, 0.05) is 0 Å². The van der Waals surface area contributed by atoms with Gasteiger partial charge in [-0.2, -0.15) is 7.05 Å². The molecule has 0 aliphatic heterocycles. The molecule has 1 aromatic rings. The maximum Gasteiger partial charge on any atom is 0.119 e. The van der Waals surface area contributed by atoms with Crippen LogP contribution in [0.1, 0.15) is 6.92 Å². The fourth-order valence-corrected chi connectivity index (χ4v) is 1.03. The van der Waals surface area contributed by atoms with Gasteiger partial charge in [-0.1, -0.05) is 18.2 Å². The lowest BCUT2D eigenvalue weighted by Crippen LogP contribution is -2.15. The zero-order valence-electron chi connectivity index (χ0n) is 7.53. The Balaban J connectivity index is 2.41. The molecule has 0 saturated carbocycles. The van der Waals surface area contributed by atoms with Crippen LogP contribution >= 0.6 is 0 Å². The molecule has 0 N–H and O–H groups in total. The van der Waals surface area contributed by atoms with Crippen LogP contribution in [0, 0.1) is 0 Å². The molecule has 0 aliphatic carbocycles. The van der Waals surface area contributed by atoms with Crippen LogP contribution in [0.5, 0.6) is 5.75 Å². The molecule has 0 amide bonds. The average molecular weight is 164 g/mol. The van der Waals surface area contributed by atoms with Crippen molar-refractivity contribution in [2.75, 3.05) is 13.6 Å². The van der Waals surface area contributed by atoms with Gasteiger partial charge in [-0.3, -0.25) is 0 Å². The zero-order chi connectivity index (χ0) is 8.81. The van der Waals surface area contributed by atoms with E-state index in [-0.39, 0.29) is 6.10 Å². The Morgan fingerprint density at radius 3 is 2.58 bits per heavy atom. The smallest absolute Gasteiger partial charge is 0.119 e. The number of likely N-dealkylation sites (N-methyl/N-ethyl adjacent to an activating group) is 1. The molecule has 66 valence electrons. The summed E-state index contributed by atoms with van der Waals surface area (Å²) in [7, 11) is 1.80. The lowest BCUT2D eigenvalue weighted by Gasteiger charge is -2.20. The van der Waals surface area contributed by atoms with Crippen molar-refractivity contribution in [2.24, 2.45) is 0 Å². The summed E-state index contributed by atoms with van der Waals surface area (Å²) in [6.45, 7) is 2.76. The first-order valence-corrected chi connectivity index (χ1v) is 4.10. The van der Waals surface area contributed by atoms with Crippen LogP contribution in [0.2, 0.25) is 0 Å². The van der Waals surface area contributed by atoms with Gasteiger partial charge in [0.2, 0.25) is 0 Å². The summed E-state index contributed by atoms with van der Waals surface area (Å²) >= 11 is 0. The summed E-state index contributed by atoms with van der Waals surface area (Å²) in [5.74, 6) is 0.911. The van der Waals surface area contributed by atoms with Crippen molar-refractivity contribution in [3.05, 3.63) is 35.6 Å². The molecule has 0 fully saturated rings. The first-order chi connectivity index (χ1) is 5.83. The predicted octanol–water partition coefficient (Wildman–Crippen LogP) is 2.46. The molecule has 0 heterocycles. The van der Waals surface area contributed by atoms with E-state index in [1.54, 1.807) is 7.05 Å². The van der Waals surface area contributed by atoms with Gasteiger partial charge in [0.25, 0.3) is 0 Å². The molecular weight excluding hydrogens is 150 g/mol. The second-order valence-corrected chi connectivity index (χ2v) is 2.74. The van der Waals surface area contributed by atoms with E-state index in [1.807, 2.05) is 37.3 Å². The normalized spacial score (nSPS) is 12.5. The fraction of sp³-hybridized carbons (Fsp3) is 0.400. The Labute approximate surface area is 73.6 Å². The lowest BCUT2D eigenvalue weighted by atomic mass is 10.3. The fourth-order valence-electron chi connectivity index (χ4n) is 1.03. The second kappa shape index (κ2) is 4.78. The molecule has 1 unspecified atom stereocenters. The Bertz CT molecular complexity index is 210. The number of rotatable bonds is 4. The molecule has 0 aromatic heterocycles. The van der Waals surface area contributed by atoms with Gasteiger partial charge in [0.05, 0.1) is 6.10 Å². The molecule has 2 nitrogen and oxygen atoms in total. The molecule has 0 aliphatic rings. The molecule has 1 rings (SSSR count). The average Bonchev–Trinajstić information content (AvgIpc) is 2.06. The predicted molar refractivity (Wildman–Crippen MR) is 50.7 cm³/mol. The van der Waals surface area contributed by atoms with E-state index in [4.69, 9.17) is 4.74 Å². The molecule has 12 heavy (non-hydrogen) atoms. The third kappa shape index (κ3) is 2.93. The number of para-hydroxylation sites is 1. The number of ether oxygens (including phenoxy) is 1. The maximum atomic E-state index is 5.56. The lowest BCUT2D eigenvalue weighted by molar-refractivity contribution is 0.237. The van der Waals surface area contributed by atoms with Gasteiger partial charge >= 0.3 is 0 Å². The van der Waals surface area contributed by atoms with E-state index in [0.717, 1.165) is 12.3 Å². The topological polar surface area (TPSA) is 23.3 Å². The highest BCUT2D eigenvalue weighted by molar-refractivity contribution is 5.21. The minimum Gasteiger partial charge on any atom is -0.662 e. The third-order valence-corrected chi connectivity index (χ3v) is 1.52. The maximum absolute atomic E-state index is 5.56. The van der Waals surface area contributed by atoms with Gasteiger partial charge in [0.15, 0.2) is 0 Å². The summed E-state index contributed by atoms with van der Waals surface area (Å²) < 4.78 is 5.56.